The molecule has 0 aliphatic carbocycles. The second kappa shape index (κ2) is 9.57. The summed E-state index contributed by atoms with van der Waals surface area (Å²) < 4.78 is 23.7. The zero-order valence-electron chi connectivity index (χ0n) is 19.1. The summed E-state index contributed by atoms with van der Waals surface area (Å²) in [4.78, 5) is 10.7. The number of benzene rings is 1. The van der Waals surface area contributed by atoms with Crippen molar-refractivity contribution in [1.82, 2.24) is 39.6 Å². The van der Waals surface area contributed by atoms with Gasteiger partial charge in [0.05, 0.1) is 50.0 Å². The molecule has 178 valence electrons. The van der Waals surface area contributed by atoms with Crippen LogP contribution in [0.1, 0.15) is 16.8 Å². The van der Waals surface area contributed by atoms with Gasteiger partial charge in [-0.25, -0.2) is 19.0 Å². The van der Waals surface area contributed by atoms with E-state index in [0.29, 0.717) is 29.9 Å². The van der Waals surface area contributed by atoms with Gasteiger partial charge in [0, 0.05) is 24.8 Å². The van der Waals surface area contributed by atoms with Gasteiger partial charge < -0.3 is 10.5 Å². The Morgan fingerprint density at radius 2 is 2.00 bits per heavy atom. The van der Waals surface area contributed by atoms with Crippen LogP contribution < -0.4 is 5.73 Å². The van der Waals surface area contributed by atoms with E-state index in [9.17, 15) is 9.65 Å². The monoisotopic (exact) mass is 474 g/mol. The second-order valence-electron chi connectivity index (χ2n) is 8.20. The van der Waals surface area contributed by atoms with Crippen LogP contribution in [0.3, 0.4) is 0 Å². The van der Waals surface area contributed by atoms with Crippen LogP contribution in [0, 0.1) is 24.1 Å². The molecule has 1 fully saturated rings. The molecule has 0 bridgehead atoms. The lowest BCUT2D eigenvalue weighted by Crippen LogP contribution is -2.37. The second-order valence-corrected chi connectivity index (χ2v) is 8.20. The van der Waals surface area contributed by atoms with Gasteiger partial charge in [-0.15, -0.1) is 5.10 Å². The Balaban J connectivity index is 1.37. The molecule has 1 aliphatic heterocycles. The van der Waals surface area contributed by atoms with Gasteiger partial charge in [0.25, 0.3) is 0 Å². The highest BCUT2D eigenvalue weighted by atomic mass is 19.1. The lowest BCUT2D eigenvalue weighted by atomic mass is 10.0. The van der Waals surface area contributed by atoms with E-state index in [0.717, 1.165) is 32.0 Å². The highest BCUT2D eigenvalue weighted by molar-refractivity contribution is 5.69. The molecule has 0 atom stereocenters. The number of nitrogen functional groups attached to an aromatic ring is 1. The molecule has 0 amide bonds. The van der Waals surface area contributed by atoms with Crippen molar-refractivity contribution in [3.63, 3.8) is 0 Å². The Bertz CT molecular complexity index is 1400. The van der Waals surface area contributed by atoms with Gasteiger partial charge in [-0.1, -0.05) is 17.3 Å². The molecule has 11 nitrogen and oxygen atoms in total. The number of anilines is 1. The highest BCUT2D eigenvalue weighted by Gasteiger charge is 2.20. The summed E-state index contributed by atoms with van der Waals surface area (Å²) in [5.41, 5.74) is 8.57. The predicted molar refractivity (Wildman–Crippen MR) is 124 cm³/mol. The normalized spacial score (nSPS) is 14.2. The van der Waals surface area contributed by atoms with E-state index in [4.69, 9.17) is 10.5 Å². The molecule has 1 aliphatic rings. The van der Waals surface area contributed by atoms with Crippen LogP contribution in [-0.4, -0.2) is 65.9 Å². The van der Waals surface area contributed by atoms with Crippen molar-refractivity contribution in [2.75, 3.05) is 32.0 Å². The van der Waals surface area contributed by atoms with Crippen molar-refractivity contribution in [1.29, 1.82) is 5.26 Å². The summed E-state index contributed by atoms with van der Waals surface area (Å²) >= 11 is 0. The van der Waals surface area contributed by atoms with Crippen LogP contribution in [-0.2, 0) is 18.0 Å². The first-order valence-corrected chi connectivity index (χ1v) is 11.1. The molecule has 4 aromatic rings. The quantitative estimate of drug-likeness (QED) is 0.444. The molecule has 3 aromatic heterocycles. The molecule has 35 heavy (non-hydrogen) atoms. The minimum absolute atomic E-state index is 0.0571. The molecule has 0 radical (unpaired) electrons. The lowest BCUT2D eigenvalue weighted by molar-refractivity contribution is 0.0212. The van der Waals surface area contributed by atoms with Gasteiger partial charge in [-0.2, -0.15) is 10.4 Å². The average molecular weight is 475 g/mol. The van der Waals surface area contributed by atoms with Gasteiger partial charge in [0.1, 0.15) is 11.4 Å². The molecule has 0 spiro atoms. The predicted octanol–water partition coefficient (Wildman–Crippen LogP) is 1.84. The molecular formula is C23H23FN10O. The van der Waals surface area contributed by atoms with E-state index >= 15 is 0 Å². The standard InChI is InChI=1S/C23H23FN10O/c1-15-16(11-25)3-2-4-18(15)23-27-21(20(24)22(26)28-23)19-13-34(31-29-19)12-17-5-6-33(30-17)14-32-7-9-35-10-8-32/h2-6,13H,7-10,12,14H2,1H3,(H2,26,27,28). The number of hydrogen-bond donors (Lipinski definition) is 1. The third kappa shape index (κ3) is 4.72. The van der Waals surface area contributed by atoms with Gasteiger partial charge in [0.2, 0.25) is 0 Å². The number of rotatable bonds is 6. The summed E-state index contributed by atoms with van der Waals surface area (Å²) in [6.07, 6.45) is 3.51. The summed E-state index contributed by atoms with van der Waals surface area (Å²) in [7, 11) is 0. The number of nitrogens with two attached hydrogens (primary N) is 1. The fraction of sp³-hybridized carbons (Fsp3) is 0.304. The third-order valence-electron chi connectivity index (χ3n) is 5.82. The van der Waals surface area contributed by atoms with Crippen LogP contribution in [0.25, 0.3) is 22.8 Å². The van der Waals surface area contributed by atoms with Crippen molar-refractivity contribution in [2.45, 2.75) is 20.1 Å². The fourth-order valence-corrected chi connectivity index (χ4v) is 3.92. The zero-order valence-corrected chi connectivity index (χ0v) is 19.1. The molecule has 1 saturated heterocycles. The van der Waals surface area contributed by atoms with Crippen molar-refractivity contribution >= 4 is 5.82 Å². The number of aromatic nitrogens is 7. The van der Waals surface area contributed by atoms with Crippen molar-refractivity contribution < 1.29 is 9.13 Å². The Kier molecular flexibility index (Phi) is 6.17. The lowest BCUT2D eigenvalue weighted by Gasteiger charge is -2.26. The highest BCUT2D eigenvalue weighted by Crippen LogP contribution is 2.28. The maximum atomic E-state index is 14.9. The Morgan fingerprint density at radius 3 is 2.80 bits per heavy atom. The van der Waals surface area contributed by atoms with E-state index < -0.39 is 5.82 Å². The minimum Gasteiger partial charge on any atom is -0.381 e. The van der Waals surface area contributed by atoms with Gasteiger partial charge in [0.15, 0.2) is 17.5 Å². The maximum Gasteiger partial charge on any atom is 0.193 e. The SMILES string of the molecule is Cc1c(C#N)cccc1-c1nc(N)c(F)c(-c2cn(Cc3ccn(CN4CCOCC4)n3)nn2)n1. The van der Waals surface area contributed by atoms with Crippen LogP contribution in [0.5, 0.6) is 0 Å². The van der Waals surface area contributed by atoms with E-state index in [-0.39, 0.29) is 23.0 Å². The van der Waals surface area contributed by atoms with Gasteiger partial charge in [-0.3, -0.25) is 9.58 Å². The largest absolute Gasteiger partial charge is 0.381 e. The number of hydrogen-bond acceptors (Lipinski definition) is 9. The van der Waals surface area contributed by atoms with E-state index in [2.05, 4.69) is 36.3 Å². The number of halogens is 1. The molecule has 0 saturated carbocycles. The van der Waals surface area contributed by atoms with E-state index in [1.807, 2.05) is 16.9 Å². The topological polar surface area (TPSA) is 137 Å². The van der Waals surface area contributed by atoms with Gasteiger partial charge in [-0.05, 0) is 24.6 Å². The zero-order chi connectivity index (χ0) is 24.4. The van der Waals surface area contributed by atoms with Crippen LogP contribution >= 0.6 is 0 Å². The Hall–Kier alpha value is -4.21. The molecule has 5 rings (SSSR count). The number of nitriles is 1. The molecule has 2 N–H and O–H groups in total. The Labute approximate surface area is 200 Å². The molecule has 1 aromatic carbocycles. The average Bonchev–Trinajstić information content (AvgIpc) is 3.51. The summed E-state index contributed by atoms with van der Waals surface area (Å²) in [5, 5.41) is 22.1. The Morgan fingerprint density at radius 1 is 1.17 bits per heavy atom. The van der Waals surface area contributed by atoms with Crippen molar-refractivity contribution in [2.24, 2.45) is 0 Å². The number of ether oxygens (including phenoxy) is 1. The van der Waals surface area contributed by atoms with Crippen LogP contribution in [0.4, 0.5) is 10.2 Å². The molecule has 12 heteroatoms. The fourth-order valence-electron chi connectivity index (χ4n) is 3.92. The number of morpholine rings is 1. The van der Waals surface area contributed by atoms with Crippen molar-refractivity contribution in [3.05, 3.63) is 59.3 Å². The molecular weight excluding hydrogens is 451 g/mol. The first kappa shape index (κ1) is 22.6. The van der Waals surface area contributed by atoms with Crippen LogP contribution in [0.2, 0.25) is 0 Å². The first-order valence-electron chi connectivity index (χ1n) is 11.1. The molecule has 4 heterocycles. The van der Waals surface area contributed by atoms with E-state index in [1.54, 1.807) is 36.0 Å². The molecule has 0 unspecified atom stereocenters. The third-order valence-corrected chi connectivity index (χ3v) is 5.82. The number of nitrogens with zero attached hydrogens (tertiary/aromatic N) is 9. The summed E-state index contributed by atoms with van der Waals surface area (Å²) in [5.74, 6) is -0.863. The summed E-state index contributed by atoms with van der Waals surface area (Å²) in [6.45, 7) is 6.03. The smallest absolute Gasteiger partial charge is 0.193 e. The minimum atomic E-state index is -0.773. The first-order chi connectivity index (χ1) is 17.0. The van der Waals surface area contributed by atoms with Crippen molar-refractivity contribution in [3.8, 4) is 28.8 Å². The maximum absolute atomic E-state index is 14.9. The summed E-state index contributed by atoms with van der Waals surface area (Å²) in [6, 6.07) is 9.21. The van der Waals surface area contributed by atoms with Gasteiger partial charge >= 0.3 is 0 Å². The van der Waals surface area contributed by atoms with Crippen LogP contribution in [0.15, 0.2) is 36.7 Å². The van der Waals surface area contributed by atoms with E-state index in [1.165, 1.54) is 0 Å².